The maximum atomic E-state index is 12.9. The molecule has 190 valence electrons. The highest BCUT2D eigenvalue weighted by Gasteiger charge is 2.39. The zero-order valence-corrected chi connectivity index (χ0v) is 20.7. The van der Waals surface area contributed by atoms with E-state index in [1.165, 1.54) is 18.4 Å². The number of fused-ring (bicyclic) bond motifs is 1. The zero-order valence-electron chi connectivity index (χ0n) is 20.7. The molecule has 3 amide bonds. The van der Waals surface area contributed by atoms with Gasteiger partial charge in [-0.05, 0) is 55.6 Å². The summed E-state index contributed by atoms with van der Waals surface area (Å²) in [6.07, 6.45) is 4.08. The number of amides is 3. The van der Waals surface area contributed by atoms with E-state index in [2.05, 4.69) is 22.3 Å². The van der Waals surface area contributed by atoms with Crippen LogP contribution in [0, 0.1) is 5.92 Å². The van der Waals surface area contributed by atoms with Crippen LogP contribution >= 0.6 is 0 Å². The fraction of sp³-hybridized carbons (Fsp3) is 0.464. The van der Waals surface area contributed by atoms with E-state index in [1.807, 2.05) is 24.3 Å². The van der Waals surface area contributed by atoms with Gasteiger partial charge in [-0.3, -0.25) is 24.6 Å². The van der Waals surface area contributed by atoms with Crippen LogP contribution in [0.4, 0.5) is 0 Å². The van der Waals surface area contributed by atoms with Crippen molar-refractivity contribution in [2.45, 2.75) is 51.2 Å². The van der Waals surface area contributed by atoms with Gasteiger partial charge in [-0.15, -0.1) is 0 Å². The Kier molecular flexibility index (Phi) is 7.23. The van der Waals surface area contributed by atoms with Crippen LogP contribution in [0.5, 0.6) is 11.5 Å². The van der Waals surface area contributed by atoms with E-state index in [0.29, 0.717) is 31.1 Å². The monoisotopic (exact) mass is 491 g/mol. The van der Waals surface area contributed by atoms with Crippen LogP contribution < -0.4 is 14.8 Å². The molecule has 2 aromatic rings. The number of ether oxygens (including phenoxy) is 2. The average Bonchev–Trinajstić information content (AvgIpc) is 3.04. The number of carbonyl (C=O) groups is 3. The fourth-order valence-corrected chi connectivity index (χ4v) is 5.52. The van der Waals surface area contributed by atoms with Crippen molar-refractivity contribution >= 4 is 17.7 Å². The number of imide groups is 1. The average molecular weight is 492 g/mol. The molecule has 8 nitrogen and oxygen atoms in total. The van der Waals surface area contributed by atoms with E-state index in [-0.39, 0.29) is 18.2 Å². The third kappa shape index (κ3) is 5.23. The number of methoxy groups -OCH3 is 1. The number of nitrogens with zero attached hydrogens (tertiary/aromatic N) is 2. The van der Waals surface area contributed by atoms with Gasteiger partial charge in [-0.2, -0.15) is 0 Å². The van der Waals surface area contributed by atoms with Gasteiger partial charge >= 0.3 is 0 Å². The Morgan fingerprint density at radius 1 is 1.06 bits per heavy atom. The number of hydrogen-bond donors (Lipinski definition) is 1. The van der Waals surface area contributed by atoms with Crippen LogP contribution in [0.15, 0.2) is 42.5 Å². The van der Waals surface area contributed by atoms with Crippen molar-refractivity contribution in [3.05, 3.63) is 59.2 Å². The largest absolute Gasteiger partial charge is 0.496 e. The van der Waals surface area contributed by atoms with Crippen molar-refractivity contribution in [1.29, 1.82) is 0 Å². The van der Waals surface area contributed by atoms with Crippen LogP contribution in [0.25, 0.3) is 0 Å². The van der Waals surface area contributed by atoms with E-state index in [0.717, 1.165) is 43.1 Å². The second-order valence-corrected chi connectivity index (χ2v) is 9.94. The van der Waals surface area contributed by atoms with Gasteiger partial charge < -0.3 is 14.4 Å². The summed E-state index contributed by atoms with van der Waals surface area (Å²) < 4.78 is 11.8. The van der Waals surface area contributed by atoms with Crippen molar-refractivity contribution in [1.82, 2.24) is 15.1 Å². The Morgan fingerprint density at radius 3 is 2.75 bits per heavy atom. The van der Waals surface area contributed by atoms with Gasteiger partial charge in [-0.1, -0.05) is 24.6 Å². The first-order valence-corrected chi connectivity index (χ1v) is 12.8. The molecular weight excluding hydrogens is 458 g/mol. The first kappa shape index (κ1) is 24.3. The normalized spacial score (nSPS) is 22.7. The first-order valence-electron chi connectivity index (χ1n) is 12.8. The topological polar surface area (TPSA) is 88.2 Å². The number of nitrogens with one attached hydrogen (secondary N) is 1. The lowest BCUT2D eigenvalue weighted by atomic mass is 10.0. The molecule has 3 aliphatic rings. The SMILES string of the molecule is COc1ccccc1CN1CCCCC(COc2ccc3c(c2)CN(C2CCC(=O)NC2=O)C3=O)C1. The Hall–Kier alpha value is -3.39. The third-order valence-corrected chi connectivity index (χ3v) is 7.42. The molecule has 36 heavy (non-hydrogen) atoms. The number of carbonyl (C=O) groups excluding carboxylic acids is 3. The van der Waals surface area contributed by atoms with E-state index >= 15 is 0 Å². The smallest absolute Gasteiger partial charge is 0.255 e. The van der Waals surface area contributed by atoms with Crippen molar-refractivity contribution in [3.8, 4) is 11.5 Å². The molecule has 3 aliphatic heterocycles. The summed E-state index contributed by atoms with van der Waals surface area (Å²) in [5.41, 5.74) is 2.66. The molecule has 0 aliphatic carbocycles. The summed E-state index contributed by atoms with van der Waals surface area (Å²) in [6.45, 7) is 3.86. The number of hydrogen-bond acceptors (Lipinski definition) is 6. The lowest BCUT2D eigenvalue weighted by Gasteiger charge is -2.29. The van der Waals surface area contributed by atoms with Gasteiger partial charge in [0, 0.05) is 43.1 Å². The predicted molar refractivity (Wildman–Crippen MR) is 134 cm³/mol. The van der Waals surface area contributed by atoms with Crippen molar-refractivity contribution in [3.63, 3.8) is 0 Å². The lowest BCUT2D eigenvalue weighted by Crippen LogP contribution is -2.52. The number of benzene rings is 2. The highest BCUT2D eigenvalue weighted by atomic mass is 16.5. The second-order valence-electron chi connectivity index (χ2n) is 9.94. The summed E-state index contributed by atoms with van der Waals surface area (Å²) in [4.78, 5) is 40.7. The van der Waals surface area contributed by atoms with Gasteiger partial charge in [0.05, 0.1) is 13.7 Å². The van der Waals surface area contributed by atoms with Crippen molar-refractivity contribution < 1.29 is 23.9 Å². The highest BCUT2D eigenvalue weighted by Crippen LogP contribution is 2.31. The molecule has 0 bridgehead atoms. The molecule has 1 N–H and O–H groups in total. The summed E-state index contributed by atoms with van der Waals surface area (Å²) in [5, 5.41) is 2.34. The molecule has 0 saturated carbocycles. The van der Waals surface area contributed by atoms with Crippen LogP contribution in [0.1, 0.15) is 53.6 Å². The summed E-state index contributed by atoms with van der Waals surface area (Å²) in [6, 6.07) is 13.1. The molecular formula is C28H33N3O5. The zero-order chi connectivity index (χ0) is 25.1. The summed E-state index contributed by atoms with van der Waals surface area (Å²) >= 11 is 0. The minimum absolute atomic E-state index is 0.165. The van der Waals surface area contributed by atoms with Gasteiger partial charge in [0.2, 0.25) is 11.8 Å². The second kappa shape index (κ2) is 10.7. The molecule has 2 saturated heterocycles. The minimum Gasteiger partial charge on any atom is -0.496 e. The van der Waals surface area contributed by atoms with Crippen LogP contribution in [-0.4, -0.2) is 60.4 Å². The first-order chi connectivity index (χ1) is 17.5. The van der Waals surface area contributed by atoms with Gasteiger partial charge in [0.1, 0.15) is 17.5 Å². The van der Waals surface area contributed by atoms with E-state index < -0.39 is 11.9 Å². The van der Waals surface area contributed by atoms with Crippen LogP contribution in [-0.2, 0) is 22.7 Å². The number of likely N-dealkylation sites (tertiary alicyclic amines) is 1. The maximum Gasteiger partial charge on any atom is 0.255 e. The molecule has 5 rings (SSSR count). The standard InChI is InChI=1S/C28H33N3O5/c1-35-25-8-3-2-7-20(25)16-30-13-5-4-6-19(15-30)18-36-22-9-10-23-21(14-22)17-31(28(23)34)24-11-12-26(32)29-27(24)33/h2-3,7-10,14,19,24H,4-6,11-13,15-18H2,1H3,(H,29,32,33). The lowest BCUT2D eigenvalue weighted by molar-refractivity contribution is -0.136. The molecule has 0 aromatic heterocycles. The predicted octanol–water partition coefficient (Wildman–Crippen LogP) is 3.14. The fourth-order valence-electron chi connectivity index (χ4n) is 5.52. The minimum atomic E-state index is -0.604. The van der Waals surface area contributed by atoms with Crippen molar-refractivity contribution in [2.24, 2.45) is 5.92 Å². The van der Waals surface area contributed by atoms with E-state index in [9.17, 15) is 14.4 Å². The van der Waals surface area contributed by atoms with E-state index in [1.54, 1.807) is 18.1 Å². The molecule has 0 spiro atoms. The molecule has 3 heterocycles. The molecule has 2 atom stereocenters. The van der Waals surface area contributed by atoms with Crippen LogP contribution in [0.3, 0.4) is 0 Å². The summed E-state index contributed by atoms with van der Waals surface area (Å²) in [5.74, 6) is 1.24. The number of piperidine rings is 1. The number of para-hydroxylation sites is 1. The van der Waals surface area contributed by atoms with Gasteiger partial charge in [0.25, 0.3) is 5.91 Å². The Balaban J connectivity index is 1.20. The van der Waals surface area contributed by atoms with Crippen molar-refractivity contribution in [2.75, 3.05) is 26.8 Å². The Morgan fingerprint density at radius 2 is 1.92 bits per heavy atom. The number of rotatable bonds is 7. The maximum absolute atomic E-state index is 12.9. The molecule has 2 fully saturated rings. The quantitative estimate of drug-likeness (QED) is 0.599. The molecule has 2 unspecified atom stereocenters. The van der Waals surface area contributed by atoms with Gasteiger partial charge in [0.15, 0.2) is 0 Å². The molecule has 8 heteroatoms. The highest BCUT2D eigenvalue weighted by molar-refractivity contribution is 6.05. The van der Waals surface area contributed by atoms with Gasteiger partial charge in [-0.25, -0.2) is 0 Å². The van der Waals surface area contributed by atoms with Crippen LogP contribution in [0.2, 0.25) is 0 Å². The third-order valence-electron chi connectivity index (χ3n) is 7.42. The summed E-state index contributed by atoms with van der Waals surface area (Å²) in [7, 11) is 1.71. The Labute approximate surface area is 211 Å². The Bertz CT molecular complexity index is 1150. The molecule has 2 aromatic carbocycles. The van der Waals surface area contributed by atoms with E-state index in [4.69, 9.17) is 9.47 Å². The molecule has 0 radical (unpaired) electrons.